The van der Waals surface area contributed by atoms with E-state index in [1.807, 2.05) is 13.8 Å². The molecule has 1 heterocycles. The second-order valence-corrected chi connectivity index (χ2v) is 6.13. The van der Waals surface area contributed by atoms with Crippen LogP contribution in [0.1, 0.15) is 52.9 Å². The molecular formula is C14H25N3O4S. The summed E-state index contributed by atoms with van der Waals surface area (Å²) in [7, 11) is 2.64. The van der Waals surface area contributed by atoms with Gasteiger partial charge in [-0.3, -0.25) is 0 Å². The highest BCUT2D eigenvalue weighted by atomic mass is 32.1. The first-order chi connectivity index (χ1) is 10.3. The van der Waals surface area contributed by atoms with Crippen molar-refractivity contribution in [3.8, 4) is 0 Å². The third-order valence-electron chi connectivity index (χ3n) is 3.69. The Hall–Kier alpha value is -1.57. The molecule has 0 saturated carbocycles. The van der Waals surface area contributed by atoms with E-state index in [9.17, 15) is 9.59 Å². The minimum atomic E-state index is -0.661. The van der Waals surface area contributed by atoms with Gasteiger partial charge in [0.05, 0.1) is 0 Å². The largest absolute Gasteiger partial charge is 0.410 e. The molecule has 0 spiro atoms. The minimum Gasteiger partial charge on any atom is -0.410 e. The number of unbranched alkanes of at least 4 members (excludes halogenated alkanes) is 3. The number of aromatic nitrogens is 3. The van der Waals surface area contributed by atoms with E-state index < -0.39 is 16.9 Å². The van der Waals surface area contributed by atoms with Crippen LogP contribution in [-0.2, 0) is 5.54 Å². The van der Waals surface area contributed by atoms with E-state index in [1.165, 1.54) is 14.2 Å². The van der Waals surface area contributed by atoms with Gasteiger partial charge < -0.3 is 9.68 Å². The van der Waals surface area contributed by atoms with Crippen LogP contribution in [0.25, 0.3) is 0 Å². The molecular weight excluding hydrogens is 306 g/mol. The molecule has 1 aromatic heterocycles. The lowest BCUT2D eigenvalue weighted by Gasteiger charge is -2.27. The molecule has 0 fully saturated rings. The maximum atomic E-state index is 12.5. The molecule has 0 aliphatic carbocycles. The predicted molar refractivity (Wildman–Crippen MR) is 86.9 cm³/mol. The van der Waals surface area contributed by atoms with Gasteiger partial charge in [-0.2, -0.15) is 0 Å². The van der Waals surface area contributed by atoms with Gasteiger partial charge in [0.15, 0.2) is 0 Å². The Morgan fingerprint density at radius 2 is 1.50 bits per heavy atom. The van der Waals surface area contributed by atoms with Gasteiger partial charge in [-0.25, -0.2) is 14.2 Å². The summed E-state index contributed by atoms with van der Waals surface area (Å²) in [5.74, 6) is 0. The van der Waals surface area contributed by atoms with E-state index in [2.05, 4.69) is 6.92 Å². The first kappa shape index (κ1) is 18.5. The fourth-order valence-corrected chi connectivity index (χ4v) is 2.74. The maximum Gasteiger partial charge on any atom is 0.368 e. The molecule has 0 saturated heterocycles. The molecule has 0 unspecified atom stereocenters. The number of hydrogen-bond acceptors (Lipinski definition) is 5. The van der Waals surface area contributed by atoms with Crippen molar-refractivity contribution in [1.82, 2.24) is 14.0 Å². The molecule has 1 rings (SSSR count). The van der Waals surface area contributed by atoms with Gasteiger partial charge in [0, 0.05) is 5.54 Å². The molecule has 0 amide bonds. The van der Waals surface area contributed by atoms with Crippen LogP contribution in [0.2, 0.25) is 0 Å². The van der Waals surface area contributed by atoms with E-state index >= 15 is 0 Å². The molecule has 0 N–H and O–H groups in total. The Bertz CT molecular complexity index is 630. The highest BCUT2D eigenvalue weighted by molar-refractivity contribution is 7.71. The SMILES string of the molecule is CCCCCCC(C)(C)n1c(=O)n(OC)c(=S)n(OC)c1=O. The number of nitrogens with zero attached hydrogens (tertiary/aromatic N) is 3. The van der Waals surface area contributed by atoms with Gasteiger partial charge in [-0.15, -0.1) is 0 Å². The van der Waals surface area contributed by atoms with Crippen LogP contribution in [0, 0.1) is 4.77 Å². The summed E-state index contributed by atoms with van der Waals surface area (Å²) in [5.41, 5.74) is -1.84. The zero-order valence-corrected chi connectivity index (χ0v) is 14.7. The van der Waals surface area contributed by atoms with Gasteiger partial charge in [0.25, 0.3) is 4.77 Å². The maximum absolute atomic E-state index is 12.5. The van der Waals surface area contributed by atoms with E-state index in [-0.39, 0.29) is 4.77 Å². The molecule has 0 bridgehead atoms. The summed E-state index contributed by atoms with van der Waals surface area (Å²) in [5, 5.41) is 0. The molecule has 7 nitrogen and oxygen atoms in total. The molecule has 22 heavy (non-hydrogen) atoms. The number of hydrogen-bond donors (Lipinski definition) is 0. The normalized spacial score (nSPS) is 11.5. The predicted octanol–water partition coefficient (Wildman–Crippen LogP) is 1.36. The second-order valence-electron chi connectivity index (χ2n) is 5.76. The van der Waals surface area contributed by atoms with E-state index in [1.54, 1.807) is 0 Å². The Morgan fingerprint density at radius 1 is 1.00 bits per heavy atom. The molecule has 1 aromatic rings. The van der Waals surface area contributed by atoms with E-state index in [4.69, 9.17) is 21.9 Å². The Morgan fingerprint density at radius 3 is 1.91 bits per heavy atom. The molecule has 126 valence electrons. The summed E-state index contributed by atoms with van der Waals surface area (Å²) in [6.45, 7) is 5.84. The molecule has 0 radical (unpaired) electrons. The van der Waals surface area contributed by atoms with Crippen LogP contribution in [0.4, 0.5) is 0 Å². The summed E-state index contributed by atoms with van der Waals surface area (Å²) in [4.78, 5) is 35.0. The average Bonchev–Trinajstić information content (AvgIpc) is 2.44. The van der Waals surface area contributed by atoms with Crippen molar-refractivity contribution >= 4 is 12.2 Å². The fourth-order valence-electron chi connectivity index (χ4n) is 2.44. The van der Waals surface area contributed by atoms with Gasteiger partial charge in [0.2, 0.25) is 0 Å². The van der Waals surface area contributed by atoms with Crippen molar-refractivity contribution in [2.45, 2.75) is 58.4 Å². The monoisotopic (exact) mass is 331 g/mol. The Kier molecular flexibility index (Phi) is 6.40. The Balaban J connectivity index is 3.37. The summed E-state index contributed by atoms with van der Waals surface area (Å²) in [6.07, 6.45) is 4.97. The number of rotatable bonds is 8. The van der Waals surface area contributed by atoms with Crippen molar-refractivity contribution in [2.24, 2.45) is 0 Å². The quantitative estimate of drug-likeness (QED) is 0.531. The van der Waals surface area contributed by atoms with Crippen LogP contribution < -0.4 is 21.1 Å². The lowest BCUT2D eigenvalue weighted by molar-refractivity contribution is 0.0683. The van der Waals surface area contributed by atoms with Crippen molar-refractivity contribution in [3.63, 3.8) is 0 Å². The highest BCUT2D eigenvalue weighted by Gasteiger charge is 2.27. The van der Waals surface area contributed by atoms with Gasteiger partial charge in [-0.1, -0.05) is 42.1 Å². The third-order valence-corrected chi connectivity index (χ3v) is 4.02. The van der Waals surface area contributed by atoms with Crippen molar-refractivity contribution in [1.29, 1.82) is 0 Å². The first-order valence-corrected chi connectivity index (χ1v) is 7.83. The third kappa shape index (κ3) is 3.60. The molecule has 0 aromatic carbocycles. The minimum absolute atomic E-state index is 0.127. The average molecular weight is 331 g/mol. The standard InChI is InChI=1S/C14H25N3O4S/c1-6-7-8-9-10-14(2,3)15-11(18)16(20-4)13(22)17(21-5)12(15)19/h6-10H2,1-5H3. The van der Waals surface area contributed by atoms with Gasteiger partial charge in [-0.05, 0) is 32.5 Å². The van der Waals surface area contributed by atoms with Gasteiger partial charge >= 0.3 is 11.4 Å². The van der Waals surface area contributed by atoms with Crippen LogP contribution in [0.15, 0.2) is 9.59 Å². The zero-order valence-electron chi connectivity index (χ0n) is 13.9. The summed E-state index contributed by atoms with van der Waals surface area (Å²) >= 11 is 5.03. The highest BCUT2D eigenvalue weighted by Crippen LogP contribution is 2.20. The van der Waals surface area contributed by atoms with Crippen molar-refractivity contribution in [2.75, 3.05) is 14.2 Å². The Labute approximate surface area is 135 Å². The molecule has 0 atom stereocenters. The smallest absolute Gasteiger partial charge is 0.368 e. The second kappa shape index (κ2) is 7.62. The van der Waals surface area contributed by atoms with Crippen molar-refractivity contribution in [3.05, 3.63) is 25.7 Å². The van der Waals surface area contributed by atoms with Crippen LogP contribution in [0.5, 0.6) is 0 Å². The first-order valence-electron chi connectivity index (χ1n) is 7.42. The zero-order chi connectivity index (χ0) is 16.9. The summed E-state index contributed by atoms with van der Waals surface area (Å²) in [6, 6.07) is 0. The van der Waals surface area contributed by atoms with Crippen LogP contribution >= 0.6 is 12.2 Å². The lowest BCUT2D eigenvalue weighted by atomic mass is 9.96. The van der Waals surface area contributed by atoms with Crippen LogP contribution in [-0.4, -0.2) is 28.2 Å². The fraction of sp³-hybridized carbons (Fsp3) is 0.786. The van der Waals surface area contributed by atoms with Crippen LogP contribution in [0.3, 0.4) is 0 Å². The van der Waals surface area contributed by atoms with E-state index in [0.29, 0.717) is 6.42 Å². The topological polar surface area (TPSA) is 67.4 Å². The summed E-state index contributed by atoms with van der Waals surface area (Å²) < 4.78 is 2.78. The van der Waals surface area contributed by atoms with Gasteiger partial charge in [0.1, 0.15) is 14.2 Å². The van der Waals surface area contributed by atoms with Crippen molar-refractivity contribution < 1.29 is 9.68 Å². The molecule has 8 heteroatoms. The molecule has 0 aliphatic rings. The lowest BCUT2D eigenvalue weighted by Crippen LogP contribution is -2.54. The van der Waals surface area contributed by atoms with E-state index in [0.717, 1.165) is 39.7 Å². The molecule has 0 aliphatic heterocycles.